The predicted molar refractivity (Wildman–Crippen MR) is 83.4 cm³/mol. The van der Waals surface area contributed by atoms with Crippen LogP contribution in [0, 0.1) is 0 Å². The summed E-state index contributed by atoms with van der Waals surface area (Å²) >= 11 is 3.31. The number of fused-ring (bicyclic) bond motifs is 1. The highest BCUT2D eigenvalue weighted by Crippen LogP contribution is 2.17. The fourth-order valence-electron chi connectivity index (χ4n) is 2.11. The third-order valence-corrected chi connectivity index (χ3v) is 3.51. The molecule has 0 aliphatic heterocycles. The minimum Gasteiger partial charge on any atom is -0.365 e. The van der Waals surface area contributed by atoms with Gasteiger partial charge in [0.2, 0.25) is 0 Å². The van der Waals surface area contributed by atoms with Crippen LogP contribution in [0.4, 0.5) is 0 Å². The van der Waals surface area contributed by atoms with Gasteiger partial charge < -0.3 is 5.73 Å². The van der Waals surface area contributed by atoms with Crippen molar-refractivity contribution in [2.24, 2.45) is 5.73 Å². The first kappa shape index (κ1) is 14.3. The van der Waals surface area contributed by atoms with Gasteiger partial charge in [0.15, 0.2) is 0 Å². The highest BCUT2D eigenvalue weighted by molar-refractivity contribution is 9.10. The zero-order valence-corrected chi connectivity index (χ0v) is 12.8. The van der Waals surface area contributed by atoms with Gasteiger partial charge in [0.05, 0.1) is 6.54 Å². The molecule has 1 amide bonds. The number of hydrogen-bond donors (Lipinski definition) is 1. The van der Waals surface area contributed by atoms with Crippen LogP contribution in [-0.2, 0) is 6.54 Å². The van der Waals surface area contributed by atoms with E-state index >= 15 is 0 Å². The van der Waals surface area contributed by atoms with Gasteiger partial charge in [-0.15, -0.1) is 0 Å². The number of aromatic nitrogens is 4. The summed E-state index contributed by atoms with van der Waals surface area (Å²) in [7, 11) is 0. The van der Waals surface area contributed by atoms with Gasteiger partial charge in [-0.25, -0.2) is 15.0 Å². The first-order valence-corrected chi connectivity index (χ1v) is 7.10. The van der Waals surface area contributed by atoms with Crippen molar-refractivity contribution in [3.63, 3.8) is 0 Å². The van der Waals surface area contributed by atoms with Gasteiger partial charge in [0.25, 0.3) is 11.5 Å². The molecule has 7 nitrogen and oxygen atoms in total. The third-order valence-electron chi connectivity index (χ3n) is 3.08. The summed E-state index contributed by atoms with van der Waals surface area (Å²) in [5.74, 6) is -0.341. The van der Waals surface area contributed by atoms with Crippen molar-refractivity contribution in [2.45, 2.75) is 6.54 Å². The smallest absolute Gasteiger partial charge is 0.265 e. The Kier molecular flexibility index (Phi) is 3.68. The number of amides is 1. The molecule has 0 saturated carbocycles. The molecular formula is C14H10BrN5O2. The van der Waals surface area contributed by atoms with Gasteiger partial charge in [-0.1, -0.05) is 0 Å². The van der Waals surface area contributed by atoms with Gasteiger partial charge in [-0.05, 0) is 34.1 Å². The monoisotopic (exact) mass is 359 g/mol. The van der Waals surface area contributed by atoms with Crippen LogP contribution in [0.15, 0.2) is 46.1 Å². The highest BCUT2D eigenvalue weighted by Gasteiger charge is 2.15. The highest BCUT2D eigenvalue weighted by atomic mass is 79.9. The van der Waals surface area contributed by atoms with Crippen LogP contribution in [0.25, 0.3) is 11.0 Å². The van der Waals surface area contributed by atoms with Crippen molar-refractivity contribution < 1.29 is 4.79 Å². The van der Waals surface area contributed by atoms with Crippen molar-refractivity contribution in [2.75, 3.05) is 0 Å². The molecule has 8 heteroatoms. The normalized spacial score (nSPS) is 10.8. The Labute approximate surface area is 133 Å². The van der Waals surface area contributed by atoms with E-state index in [9.17, 15) is 9.59 Å². The number of halogens is 1. The van der Waals surface area contributed by atoms with Crippen molar-refractivity contribution in [1.82, 2.24) is 19.5 Å². The molecule has 3 aromatic heterocycles. The first-order valence-electron chi connectivity index (χ1n) is 6.31. The number of hydrogen-bond acceptors (Lipinski definition) is 5. The molecule has 0 aliphatic rings. The number of primary amides is 1. The van der Waals surface area contributed by atoms with Gasteiger partial charge in [-0.3, -0.25) is 14.2 Å². The van der Waals surface area contributed by atoms with E-state index in [1.807, 2.05) is 0 Å². The van der Waals surface area contributed by atoms with Crippen LogP contribution < -0.4 is 11.3 Å². The first-order chi connectivity index (χ1) is 10.6. The van der Waals surface area contributed by atoms with Gasteiger partial charge in [0.1, 0.15) is 17.0 Å². The summed E-state index contributed by atoms with van der Waals surface area (Å²) in [4.78, 5) is 36.4. The summed E-state index contributed by atoms with van der Waals surface area (Å²) in [5, 5.41) is 0.624. The molecule has 0 radical (unpaired) electrons. The lowest BCUT2D eigenvalue weighted by molar-refractivity contribution is 0.0998. The Hall–Kier alpha value is -2.61. The Morgan fingerprint density at radius 3 is 2.64 bits per heavy atom. The van der Waals surface area contributed by atoms with Gasteiger partial charge in [0, 0.05) is 28.4 Å². The van der Waals surface area contributed by atoms with E-state index in [1.54, 1.807) is 30.7 Å². The maximum atomic E-state index is 12.5. The second kappa shape index (κ2) is 5.64. The molecule has 0 aromatic carbocycles. The standard InChI is InChI=1S/C14H10BrN5O2/c15-9-4-8-5-10(12(16)21)14(22)20(13(8)19-6-9)7-11-17-2-1-3-18-11/h1-6H,7H2,(H2,16,21). The SMILES string of the molecule is NC(=O)c1cc2cc(Br)cnc2n(Cc2ncccn2)c1=O. The molecule has 3 aromatic rings. The number of carbonyl (C=O) groups is 1. The van der Waals surface area contributed by atoms with Crippen LogP contribution in [0.3, 0.4) is 0 Å². The number of pyridine rings is 2. The van der Waals surface area contributed by atoms with Crippen molar-refractivity contribution in [3.05, 3.63) is 63.0 Å². The lowest BCUT2D eigenvalue weighted by Gasteiger charge is -2.10. The number of rotatable bonds is 3. The molecule has 0 spiro atoms. The van der Waals surface area contributed by atoms with Crippen LogP contribution in [0.5, 0.6) is 0 Å². The predicted octanol–water partition coefficient (Wildman–Crippen LogP) is 1.10. The molecule has 3 rings (SSSR count). The Balaban J connectivity index is 2.28. The summed E-state index contributed by atoms with van der Waals surface area (Å²) in [6.07, 6.45) is 4.74. The van der Waals surface area contributed by atoms with Crippen molar-refractivity contribution in [3.8, 4) is 0 Å². The number of nitrogens with zero attached hydrogens (tertiary/aromatic N) is 4. The quantitative estimate of drug-likeness (QED) is 0.753. The van der Waals surface area contributed by atoms with Crippen LogP contribution in [0.1, 0.15) is 16.2 Å². The average molecular weight is 360 g/mol. The van der Waals surface area contributed by atoms with E-state index in [1.165, 1.54) is 10.6 Å². The fourth-order valence-corrected chi connectivity index (χ4v) is 2.46. The van der Waals surface area contributed by atoms with Gasteiger partial charge >= 0.3 is 0 Å². The molecule has 0 atom stereocenters. The van der Waals surface area contributed by atoms with Gasteiger partial charge in [-0.2, -0.15) is 0 Å². The molecule has 0 unspecified atom stereocenters. The topological polar surface area (TPSA) is 104 Å². The summed E-state index contributed by atoms with van der Waals surface area (Å²) in [6, 6.07) is 4.89. The lowest BCUT2D eigenvalue weighted by Crippen LogP contribution is -2.30. The second-order valence-corrected chi connectivity index (χ2v) is 5.46. The second-order valence-electron chi connectivity index (χ2n) is 4.54. The third kappa shape index (κ3) is 2.60. The Morgan fingerprint density at radius 2 is 1.95 bits per heavy atom. The van der Waals surface area contributed by atoms with Crippen LogP contribution in [0.2, 0.25) is 0 Å². The molecule has 3 heterocycles. The Morgan fingerprint density at radius 1 is 1.23 bits per heavy atom. The van der Waals surface area contributed by atoms with Crippen LogP contribution >= 0.6 is 15.9 Å². The molecule has 0 bridgehead atoms. The molecule has 0 saturated heterocycles. The van der Waals surface area contributed by atoms with Crippen molar-refractivity contribution >= 4 is 32.9 Å². The molecule has 0 aliphatic carbocycles. The van der Waals surface area contributed by atoms with E-state index < -0.39 is 11.5 Å². The fraction of sp³-hybridized carbons (Fsp3) is 0.0714. The van der Waals surface area contributed by atoms with E-state index in [4.69, 9.17) is 5.73 Å². The lowest BCUT2D eigenvalue weighted by atomic mass is 10.2. The molecule has 110 valence electrons. The van der Waals surface area contributed by atoms with E-state index in [0.717, 1.165) is 4.47 Å². The van der Waals surface area contributed by atoms with Crippen LogP contribution in [-0.4, -0.2) is 25.4 Å². The van der Waals surface area contributed by atoms with E-state index in [-0.39, 0.29) is 12.1 Å². The maximum Gasteiger partial charge on any atom is 0.265 e. The zero-order valence-electron chi connectivity index (χ0n) is 11.2. The average Bonchev–Trinajstić information content (AvgIpc) is 2.50. The molecule has 0 fully saturated rings. The summed E-state index contributed by atoms with van der Waals surface area (Å²) < 4.78 is 2.08. The van der Waals surface area contributed by atoms with E-state index in [0.29, 0.717) is 16.9 Å². The maximum absolute atomic E-state index is 12.5. The molecular weight excluding hydrogens is 350 g/mol. The minimum absolute atomic E-state index is 0.0941. The minimum atomic E-state index is -0.783. The number of carbonyl (C=O) groups excluding carboxylic acids is 1. The molecule has 2 N–H and O–H groups in total. The molecule has 22 heavy (non-hydrogen) atoms. The zero-order chi connectivity index (χ0) is 15.7. The summed E-state index contributed by atoms with van der Waals surface area (Å²) in [6.45, 7) is 0.103. The number of nitrogens with two attached hydrogens (primary N) is 1. The largest absolute Gasteiger partial charge is 0.365 e. The summed E-state index contributed by atoms with van der Waals surface area (Å²) in [5.41, 5.74) is 5.12. The van der Waals surface area contributed by atoms with Crippen molar-refractivity contribution in [1.29, 1.82) is 0 Å². The van der Waals surface area contributed by atoms with E-state index in [2.05, 4.69) is 30.9 Å². The Bertz CT molecular complexity index is 924.